The summed E-state index contributed by atoms with van der Waals surface area (Å²) in [5.74, 6) is 2.62. The number of aromatic nitrogens is 3. The number of methoxy groups -OCH3 is 1. The van der Waals surface area contributed by atoms with Gasteiger partial charge in [-0.1, -0.05) is 18.2 Å². The molecule has 0 bridgehead atoms. The van der Waals surface area contributed by atoms with Crippen LogP contribution in [0.2, 0.25) is 0 Å². The zero-order chi connectivity index (χ0) is 18.9. The minimum atomic E-state index is 0. The average Bonchev–Trinajstić information content (AvgIpc) is 3.12. The second kappa shape index (κ2) is 11.5. The minimum absolute atomic E-state index is 0. The highest BCUT2D eigenvalue weighted by Crippen LogP contribution is 2.11. The third kappa shape index (κ3) is 6.08. The maximum atomic E-state index is 5.19. The average molecular weight is 494 g/mol. The lowest BCUT2D eigenvalue weighted by Crippen LogP contribution is -2.38. The van der Waals surface area contributed by atoms with E-state index in [1.165, 1.54) is 5.56 Å². The highest BCUT2D eigenvalue weighted by Gasteiger charge is 2.04. The molecule has 0 fully saturated rings. The van der Waals surface area contributed by atoms with Crippen LogP contribution in [0.15, 0.2) is 53.7 Å². The Morgan fingerprint density at radius 2 is 1.89 bits per heavy atom. The van der Waals surface area contributed by atoms with Crippen molar-refractivity contribution in [1.29, 1.82) is 0 Å². The van der Waals surface area contributed by atoms with E-state index >= 15 is 0 Å². The fourth-order valence-corrected chi connectivity index (χ4v) is 2.79. The van der Waals surface area contributed by atoms with Crippen molar-refractivity contribution in [3.8, 4) is 5.75 Å². The summed E-state index contributed by atoms with van der Waals surface area (Å²) < 4.78 is 7.19. The van der Waals surface area contributed by atoms with E-state index in [2.05, 4.69) is 44.9 Å². The molecule has 0 radical (unpaired) electrons. The van der Waals surface area contributed by atoms with Gasteiger partial charge in [0.25, 0.3) is 0 Å². The van der Waals surface area contributed by atoms with E-state index in [4.69, 9.17) is 4.74 Å². The number of benzene rings is 1. The van der Waals surface area contributed by atoms with Crippen LogP contribution >= 0.6 is 24.0 Å². The van der Waals surface area contributed by atoms with E-state index in [9.17, 15) is 0 Å². The topological polar surface area (TPSA) is 75.8 Å². The first kappa shape index (κ1) is 21.9. The Hall–Kier alpha value is -2.36. The first-order chi connectivity index (χ1) is 13.3. The van der Waals surface area contributed by atoms with Crippen molar-refractivity contribution in [2.24, 2.45) is 4.99 Å². The van der Waals surface area contributed by atoms with E-state index in [0.29, 0.717) is 6.54 Å². The van der Waals surface area contributed by atoms with E-state index in [1.54, 1.807) is 7.11 Å². The van der Waals surface area contributed by atoms with Crippen LogP contribution < -0.4 is 15.4 Å². The van der Waals surface area contributed by atoms with Gasteiger partial charge < -0.3 is 15.4 Å². The lowest BCUT2D eigenvalue weighted by molar-refractivity contribution is 0.414. The van der Waals surface area contributed by atoms with E-state index in [-0.39, 0.29) is 24.0 Å². The van der Waals surface area contributed by atoms with Gasteiger partial charge in [0.2, 0.25) is 0 Å². The number of pyridine rings is 1. The number of guanidine groups is 1. The highest BCUT2D eigenvalue weighted by atomic mass is 127. The van der Waals surface area contributed by atoms with Crippen LogP contribution in [-0.2, 0) is 12.8 Å². The molecule has 2 N–H and O–H groups in total. The molecule has 2 heterocycles. The Morgan fingerprint density at radius 1 is 1.07 bits per heavy atom. The molecule has 150 valence electrons. The van der Waals surface area contributed by atoms with Gasteiger partial charge in [-0.3, -0.25) is 9.39 Å². The maximum Gasteiger partial charge on any atom is 0.191 e. The van der Waals surface area contributed by atoms with Gasteiger partial charge in [0.15, 0.2) is 11.6 Å². The number of aliphatic imine (C=N–C) groups is 1. The molecule has 3 rings (SSSR count). The molecule has 0 saturated carbocycles. The summed E-state index contributed by atoms with van der Waals surface area (Å²) in [6.07, 6.45) is 3.64. The molecular weight excluding hydrogens is 467 g/mol. The standard InChI is InChI=1S/C20H26N6O.HI/c1-3-21-20(22-13-11-16-7-9-17(27-2)10-8-16)23-14-12-19-25-24-18-6-4-5-15-26(18)19;/h4-10,15H,3,11-14H2,1-2H3,(H2,21,22,23);1H. The van der Waals surface area contributed by atoms with Gasteiger partial charge in [-0.25, -0.2) is 0 Å². The summed E-state index contributed by atoms with van der Waals surface area (Å²) in [7, 11) is 1.68. The predicted octanol–water partition coefficient (Wildman–Crippen LogP) is 2.70. The monoisotopic (exact) mass is 494 g/mol. The van der Waals surface area contributed by atoms with Crippen molar-refractivity contribution in [3.05, 3.63) is 60.0 Å². The number of nitrogens with zero attached hydrogens (tertiary/aromatic N) is 4. The Kier molecular flexibility index (Phi) is 8.99. The molecular formula is C20H27IN6O. The number of hydrogen-bond acceptors (Lipinski definition) is 4. The summed E-state index contributed by atoms with van der Waals surface area (Å²) >= 11 is 0. The highest BCUT2D eigenvalue weighted by molar-refractivity contribution is 14.0. The van der Waals surface area contributed by atoms with Crippen LogP contribution in [0.5, 0.6) is 5.75 Å². The number of rotatable bonds is 8. The summed E-state index contributed by atoms with van der Waals surface area (Å²) in [6, 6.07) is 14.0. The Balaban J connectivity index is 0.00000280. The number of ether oxygens (including phenoxy) is 1. The second-order valence-corrected chi connectivity index (χ2v) is 6.08. The molecule has 0 atom stereocenters. The van der Waals surface area contributed by atoms with Gasteiger partial charge >= 0.3 is 0 Å². The molecule has 0 aliphatic rings. The third-order valence-corrected chi connectivity index (χ3v) is 4.20. The van der Waals surface area contributed by atoms with Crippen LogP contribution in [0, 0.1) is 0 Å². The predicted molar refractivity (Wildman–Crippen MR) is 123 cm³/mol. The lowest BCUT2D eigenvalue weighted by atomic mass is 10.1. The van der Waals surface area contributed by atoms with Crippen molar-refractivity contribution < 1.29 is 4.74 Å². The van der Waals surface area contributed by atoms with Crippen LogP contribution in [0.1, 0.15) is 18.3 Å². The maximum absolute atomic E-state index is 5.19. The lowest BCUT2D eigenvalue weighted by Gasteiger charge is -2.11. The first-order valence-electron chi connectivity index (χ1n) is 9.24. The summed E-state index contributed by atoms with van der Waals surface area (Å²) in [5, 5.41) is 15.1. The molecule has 2 aromatic heterocycles. The Bertz CT molecular complexity index is 878. The molecule has 0 unspecified atom stereocenters. The van der Waals surface area contributed by atoms with Crippen molar-refractivity contribution in [2.45, 2.75) is 19.8 Å². The van der Waals surface area contributed by atoms with Crippen LogP contribution in [0.4, 0.5) is 0 Å². The van der Waals surface area contributed by atoms with Gasteiger partial charge in [-0.05, 0) is 43.2 Å². The van der Waals surface area contributed by atoms with Crippen LogP contribution in [-0.4, -0.2) is 47.3 Å². The first-order valence-corrected chi connectivity index (χ1v) is 9.24. The number of nitrogens with one attached hydrogen (secondary N) is 2. The van der Waals surface area contributed by atoms with Gasteiger partial charge in [-0.2, -0.15) is 0 Å². The number of fused-ring (bicyclic) bond motifs is 1. The second-order valence-electron chi connectivity index (χ2n) is 6.08. The van der Waals surface area contributed by atoms with Crippen molar-refractivity contribution in [2.75, 3.05) is 26.7 Å². The number of halogens is 1. The van der Waals surface area contributed by atoms with Crippen molar-refractivity contribution in [3.63, 3.8) is 0 Å². The number of hydrogen-bond donors (Lipinski definition) is 2. The molecule has 7 nitrogen and oxygen atoms in total. The van der Waals surface area contributed by atoms with Crippen LogP contribution in [0.3, 0.4) is 0 Å². The molecule has 0 aliphatic carbocycles. The van der Waals surface area contributed by atoms with Crippen LogP contribution in [0.25, 0.3) is 5.65 Å². The van der Waals surface area contributed by atoms with Crippen molar-refractivity contribution >= 4 is 35.6 Å². The van der Waals surface area contributed by atoms with Gasteiger partial charge in [0.1, 0.15) is 11.6 Å². The quantitative estimate of drug-likeness (QED) is 0.286. The zero-order valence-electron chi connectivity index (χ0n) is 16.3. The molecule has 1 aromatic carbocycles. The zero-order valence-corrected chi connectivity index (χ0v) is 18.6. The molecule has 8 heteroatoms. The molecule has 0 saturated heterocycles. The fourth-order valence-electron chi connectivity index (χ4n) is 2.79. The molecule has 3 aromatic rings. The summed E-state index contributed by atoms with van der Waals surface area (Å²) in [4.78, 5) is 4.65. The van der Waals surface area contributed by atoms with Gasteiger partial charge in [0.05, 0.1) is 7.11 Å². The Morgan fingerprint density at radius 3 is 2.64 bits per heavy atom. The van der Waals surface area contributed by atoms with Gasteiger partial charge in [-0.15, -0.1) is 34.2 Å². The molecule has 0 aliphatic heterocycles. The summed E-state index contributed by atoms with van der Waals surface area (Å²) in [5.41, 5.74) is 2.12. The smallest absolute Gasteiger partial charge is 0.191 e. The minimum Gasteiger partial charge on any atom is -0.497 e. The SMILES string of the molecule is CCNC(=NCCc1nnc2ccccn12)NCCc1ccc(OC)cc1.I. The van der Waals surface area contributed by atoms with E-state index < -0.39 is 0 Å². The summed E-state index contributed by atoms with van der Waals surface area (Å²) in [6.45, 7) is 4.34. The normalized spacial score (nSPS) is 11.1. The van der Waals surface area contributed by atoms with Crippen molar-refractivity contribution in [1.82, 2.24) is 25.2 Å². The Labute approximate surface area is 182 Å². The van der Waals surface area contributed by atoms with E-state index in [1.807, 2.05) is 40.9 Å². The van der Waals surface area contributed by atoms with E-state index in [0.717, 1.165) is 49.1 Å². The fraction of sp³-hybridized carbons (Fsp3) is 0.350. The molecule has 0 spiro atoms. The third-order valence-electron chi connectivity index (χ3n) is 4.20. The largest absolute Gasteiger partial charge is 0.497 e. The molecule has 0 amide bonds. The molecule has 28 heavy (non-hydrogen) atoms. The van der Waals surface area contributed by atoms with Gasteiger partial charge in [0, 0.05) is 32.3 Å².